The number of hydrogen-bond acceptors (Lipinski definition) is 1. The summed E-state index contributed by atoms with van der Waals surface area (Å²) in [5.74, 6) is 1.39. The van der Waals surface area contributed by atoms with Crippen LogP contribution in [-0.4, -0.2) is 5.78 Å². The van der Waals surface area contributed by atoms with Crippen LogP contribution in [-0.2, 0) is 11.2 Å². The van der Waals surface area contributed by atoms with Crippen molar-refractivity contribution in [1.29, 1.82) is 0 Å². The molecule has 1 aliphatic carbocycles. The molecule has 0 N–H and O–H groups in total. The Kier molecular flexibility index (Phi) is 4.19. The van der Waals surface area contributed by atoms with E-state index in [1.807, 2.05) is 6.92 Å². The third-order valence-corrected chi connectivity index (χ3v) is 4.74. The van der Waals surface area contributed by atoms with Gasteiger partial charge in [0.2, 0.25) is 0 Å². The molecule has 1 nitrogen and oxygen atoms in total. The molecule has 108 valence electrons. The molecule has 0 aliphatic heterocycles. The van der Waals surface area contributed by atoms with Crippen LogP contribution in [0.4, 0.5) is 0 Å². The van der Waals surface area contributed by atoms with Gasteiger partial charge in [0.15, 0.2) is 0 Å². The second kappa shape index (κ2) is 6.26. The lowest BCUT2D eigenvalue weighted by molar-refractivity contribution is -0.118. The van der Waals surface area contributed by atoms with Crippen molar-refractivity contribution in [3.8, 4) is 0 Å². The Labute approximate surface area is 127 Å². The standard InChI is InChI=1S/C20H22O/c1-2-17(21)12-13-19-18-11-7-6-10-16(18)14-20(19)15-8-4-3-5-9-15/h3-11,19-20H,2,12-14H2,1H3. The molecule has 0 heterocycles. The molecule has 2 unspecified atom stereocenters. The van der Waals surface area contributed by atoms with Crippen molar-refractivity contribution in [2.75, 3.05) is 0 Å². The van der Waals surface area contributed by atoms with E-state index in [0.29, 0.717) is 30.5 Å². The summed E-state index contributed by atoms with van der Waals surface area (Å²) >= 11 is 0. The number of rotatable bonds is 5. The minimum atomic E-state index is 0.381. The summed E-state index contributed by atoms with van der Waals surface area (Å²) in [6.07, 6.45) is 3.44. The van der Waals surface area contributed by atoms with Crippen LogP contribution < -0.4 is 0 Å². The Hall–Kier alpha value is -1.89. The molecule has 2 aromatic carbocycles. The van der Waals surface area contributed by atoms with Crippen molar-refractivity contribution in [3.05, 3.63) is 71.3 Å². The maximum absolute atomic E-state index is 11.7. The van der Waals surface area contributed by atoms with E-state index in [0.717, 1.165) is 12.8 Å². The number of carbonyl (C=O) groups excluding carboxylic acids is 1. The van der Waals surface area contributed by atoms with Gasteiger partial charge < -0.3 is 0 Å². The fourth-order valence-electron chi connectivity index (χ4n) is 3.58. The van der Waals surface area contributed by atoms with E-state index in [1.165, 1.54) is 16.7 Å². The van der Waals surface area contributed by atoms with Gasteiger partial charge in [0.1, 0.15) is 5.78 Å². The summed E-state index contributed by atoms with van der Waals surface area (Å²) < 4.78 is 0. The maximum Gasteiger partial charge on any atom is 0.132 e. The molecule has 0 bridgehead atoms. The average Bonchev–Trinajstić information content (AvgIpc) is 2.92. The number of carbonyl (C=O) groups is 1. The molecule has 1 heteroatoms. The van der Waals surface area contributed by atoms with Crippen LogP contribution in [0.1, 0.15) is 54.7 Å². The number of Topliss-reactive ketones (excluding diaryl/α,β-unsaturated/α-hetero) is 1. The minimum Gasteiger partial charge on any atom is -0.300 e. The van der Waals surface area contributed by atoms with Gasteiger partial charge in [-0.25, -0.2) is 0 Å². The predicted octanol–water partition coefficient (Wildman–Crippen LogP) is 4.87. The van der Waals surface area contributed by atoms with Gasteiger partial charge in [-0.15, -0.1) is 0 Å². The molecular formula is C20H22O. The Morgan fingerprint density at radius 2 is 1.76 bits per heavy atom. The van der Waals surface area contributed by atoms with Gasteiger partial charge >= 0.3 is 0 Å². The zero-order valence-electron chi connectivity index (χ0n) is 12.6. The largest absolute Gasteiger partial charge is 0.300 e. The number of benzene rings is 2. The van der Waals surface area contributed by atoms with Crippen LogP contribution in [0, 0.1) is 0 Å². The molecule has 0 fully saturated rings. The van der Waals surface area contributed by atoms with Gasteiger partial charge in [-0.3, -0.25) is 4.79 Å². The molecule has 0 spiro atoms. The van der Waals surface area contributed by atoms with Gasteiger partial charge in [0.25, 0.3) is 0 Å². The van der Waals surface area contributed by atoms with E-state index in [-0.39, 0.29) is 0 Å². The second-order valence-electron chi connectivity index (χ2n) is 5.96. The Balaban J connectivity index is 1.88. The first-order chi connectivity index (χ1) is 10.3. The van der Waals surface area contributed by atoms with E-state index in [9.17, 15) is 4.79 Å². The molecule has 2 atom stereocenters. The van der Waals surface area contributed by atoms with E-state index < -0.39 is 0 Å². The van der Waals surface area contributed by atoms with Crippen LogP contribution >= 0.6 is 0 Å². The molecule has 0 aromatic heterocycles. The van der Waals surface area contributed by atoms with Gasteiger partial charge in [0.05, 0.1) is 0 Å². The molecular weight excluding hydrogens is 256 g/mol. The smallest absolute Gasteiger partial charge is 0.132 e. The van der Waals surface area contributed by atoms with Gasteiger partial charge in [0, 0.05) is 12.8 Å². The van der Waals surface area contributed by atoms with Crippen molar-refractivity contribution in [2.45, 2.75) is 44.4 Å². The summed E-state index contributed by atoms with van der Waals surface area (Å²) in [6.45, 7) is 1.96. The van der Waals surface area contributed by atoms with Gasteiger partial charge in [-0.05, 0) is 41.4 Å². The third-order valence-electron chi connectivity index (χ3n) is 4.74. The summed E-state index contributed by atoms with van der Waals surface area (Å²) in [4.78, 5) is 11.7. The summed E-state index contributed by atoms with van der Waals surface area (Å²) in [6, 6.07) is 19.5. The van der Waals surface area contributed by atoms with Crippen LogP contribution in [0.25, 0.3) is 0 Å². The Bertz CT molecular complexity index is 615. The van der Waals surface area contributed by atoms with Gasteiger partial charge in [-0.2, -0.15) is 0 Å². The van der Waals surface area contributed by atoms with E-state index >= 15 is 0 Å². The SMILES string of the molecule is CCC(=O)CCC1c2ccccc2CC1c1ccccc1. The van der Waals surface area contributed by atoms with E-state index in [1.54, 1.807) is 0 Å². The topological polar surface area (TPSA) is 17.1 Å². The molecule has 0 radical (unpaired) electrons. The van der Waals surface area contributed by atoms with E-state index in [4.69, 9.17) is 0 Å². The van der Waals surface area contributed by atoms with E-state index in [2.05, 4.69) is 54.6 Å². The monoisotopic (exact) mass is 278 g/mol. The zero-order valence-corrected chi connectivity index (χ0v) is 12.6. The lowest BCUT2D eigenvalue weighted by Gasteiger charge is -2.20. The maximum atomic E-state index is 11.7. The fraction of sp³-hybridized carbons (Fsp3) is 0.350. The highest BCUT2D eigenvalue weighted by Crippen LogP contribution is 2.46. The first kappa shape index (κ1) is 14.1. The zero-order chi connectivity index (χ0) is 14.7. The minimum absolute atomic E-state index is 0.381. The van der Waals surface area contributed by atoms with Crippen LogP contribution in [0.2, 0.25) is 0 Å². The van der Waals surface area contributed by atoms with Crippen molar-refractivity contribution in [2.24, 2.45) is 0 Å². The fourth-order valence-corrected chi connectivity index (χ4v) is 3.58. The lowest BCUT2D eigenvalue weighted by Crippen LogP contribution is -2.08. The molecule has 21 heavy (non-hydrogen) atoms. The number of hydrogen-bond donors (Lipinski definition) is 0. The Morgan fingerprint density at radius 3 is 2.52 bits per heavy atom. The average molecular weight is 278 g/mol. The first-order valence-electron chi connectivity index (χ1n) is 7.94. The summed E-state index contributed by atoms with van der Waals surface area (Å²) in [7, 11) is 0. The quantitative estimate of drug-likeness (QED) is 0.762. The van der Waals surface area contributed by atoms with Crippen molar-refractivity contribution < 1.29 is 4.79 Å². The van der Waals surface area contributed by atoms with Gasteiger partial charge in [-0.1, -0.05) is 61.5 Å². The highest BCUT2D eigenvalue weighted by atomic mass is 16.1. The van der Waals surface area contributed by atoms with Crippen LogP contribution in [0.3, 0.4) is 0 Å². The summed E-state index contributed by atoms with van der Waals surface area (Å²) in [5, 5.41) is 0. The molecule has 0 amide bonds. The third kappa shape index (κ3) is 2.92. The highest BCUT2D eigenvalue weighted by Gasteiger charge is 2.32. The normalized spacial score (nSPS) is 20.2. The first-order valence-corrected chi connectivity index (χ1v) is 7.94. The number of fused-ring (bicyclic) bond motifs is 1. The van der Waals surface area contributed by atoms with Crippen molar-refractivity contribution in [3.63, 3.8) is 0 Å². The second-order valence-corrected chi connectivity index (χ2v) is 5.96. The van der Waals surface area contributed by atoms with Crippen LogP contribution in [0.15, 0.2) is 54.6 Å². The molecule has 0 saturated carbocycles. The van der Waals surface area contributed by atoms with Crippen molar-refractivity contribution in [1.82, 2.24) is 0 Å². The predicted molar refractivity (Wildman–Crippen MR) is 86.6 cm³/mol. The molecule has 3 rings (SSSR count). The molecule has 1 aliphatic rings. The molecule has 2 aromatic rings. The highest BCUT2D eigenvalue weighted by molar-refractivity contribution is 5.78. The summed E-state index contributed by atoms with van der Waals surface area (Å²) in [5.41, 5.74) is 4.32. The van der Waals surface area contributed by atoms with Crippen LogP contribution in [0.5, 0.6) is 0 Å². The lowest BCUT2D eigenvalue weighted by atomic mass is 9.83. The molecule has 0 saturated heterocycles. The Morgan fingerprint density at radius 1 is 1.05 bits per heavy atom. The number of ketones is 1. The van der Waals surface area contributed by atoms with Crippen molar-refractivity contribution >= 4 is 5.78 Å².